The molecule has 0 saturated heterocycles. The van der Waals surface area contributed by atoms with Gasteiger partial charge < -0.3 is 14.5 Å². The summed E-state index contributed by atoms with van der Waals surface area (Å²) in [5.74, 6) is 1.05. The van der Waals surface area contributed by atoms with E-state index in [1.165, 1.54) is 0 Å². The predicted molar refractivity (Wildman–Crippen MR) is 133 cm³/mol. The van der Waals surface area contributed by atoms with E-state index in [0.717, 1.165) is 16.9 Å². The van der Waals surface area contributed by atoms with E-state index < -0.39 is 9.84 Å². The molecule has 0 atom stereocenters. The Bertz CT molecular complexity index is 1420. The molecule has 7 nitrogen and oxygen atoms in total. The Morgan fingerprint density at radius 2 is 1.60 bits per heavy atom. The van der Waals surface area contributed by atoms with Crippen LogP contribution in [-0.2, 0) is 22.1 Å². The number of ether oxygens (including phenoxy) is 1. The second-order valence-electron chi connectivity index (χ2n) is 8.20. The van der Waals surface area contributed by atoms with Gasteiger partial charge in [-0.05, 0) is 67.9 Å². The molecule has 0 fully saturated rings. The number of carbonyl (C=O) groups is 1. The molecular formula is C27H26N2O5S. The van der Waals surface area contributed by atoms with Crippen LogP contribution in [-0.4, -0.2) is 26.4 Å². The molecule has 0 aliphatic carbocycles. The summed E-state index contributed by atoms with van der Waals surface area (Å²) in [5, 5.41) is 2.88. The number of amides is 1. The SMILES string of the molecule is COc1ccc(CNC(=O)c2ccc(-c3nc(CS(=O)(=O)c4ccc(C)cc4)c(C)o3)cc2)cc1. The molecule has 0 aliphatic rings. The van der Waals surface area contributed by atoms with Gasteiger partial charge in [0.2, 0.25) is 5.89 Å². The zero-order chi connectivity index (χ0) is 25.0. The van der Waals surface area contributed by atoms with E-state index >= 15 is 0 Å². The van der Waals surface area contributed by atoms with E-state index in [1.807, 2.05) is 31.2 Å². The topological polar surface area (TPSA) is 98.5 Å². The summed E-state index contributed by atoms with van der Waals surface area (Å²) in [6.07, 6.45) is 0. The van der Waals surface area contributed by atoms with Crippen molar-refractivity contribution in [2.45, 2.75) is 31.0 Å². The summed E-state index contributed by atoms with van der Waals surface area (Å²) in [6.45, 7) is 3.99. The Labute approximate surface area is 204 Å². The van der Waals surface area contributed by atoms with Crippen LogP contribution in [0.1, 0.15) is 32.9 Å². The largest absolute Gasteiger partial charge is 0.497 e. The fourth-order valence-corrected chi connectivity index (χ4v) is 4.83. The Kier molecular flexibility index (Phi) is 7.02. The van der Waals surface area contributed by atoms with Crippen LogP contribution < -0.4 is 10.1 Å². The number of benzene rings is 3. The minimum atomic E-state index is -3.56. The average Bonchev–Trinajstić information content (AvgIpc) is 3.22. The molecular weight excluding hydrogens is 464 g/mol. The number of aromatic nitrogens is 1. The van der Waals surface area contributed by atoms with E-state index in [4.69, 9.17) is 9.15 Å². The number of rotatable bonds is 8. The summed E-state index contributed by atoms with van der Waals surface area (Å²) in [4.78, 5) is 17.2. The third-order valence-corrected chi connectivity index (χ3v) is 7.25. The van der Waals surface area contributed by atoms with Gasteiger partial charge in [-0.3, -0.25) is 4.79 Å². The van der Waals surface area contributed by atoms with Gasteiger partial charge in [0.25, 0.3) is 5.91 Å². The van der Waals surface area contributed by atoms with Crippen LogP contribution in [0.15, 0.2) is 82.1 Å². The normalized spacial score (nSPS) is 11.3. The number of hydrogen-bond donors (Lipinski definition) is 1. The van der Waals surface area contributed by atoms with Crippen LogP contribution in [0.4, 0.5) is 0 Å². The van der Waals surface area contributed by atoms with Crippen molar-refractivity contribution in [1.29, 1.82) is 0 Å². The standard InChI is InChI=1S/C27H26N2O5S/c1-18-4-14-24(15-5-18)35(31,32)17-25-19(2)34-27(29-25)22-10-8-21(9-11-22)26(30)28-16-20-6-12-23(33-3)13-7-20/h4-15H,16-17H2,1-3H3,(H,28,30). The zero-order valence-electron chi connectivity index (χ0n) is 19.7. The fourth-order valence-electron chi connectivity index (χ4n) is 3.49. The van der Waals surface area contributed by atoms with Gasteiger partial charge in [0.15, 0.2) is 9.84 Å². The highest BCUT2D eigenvalue weighted by molar-refractivity contribution is 7.90. The maximum absolute atomic E-state index is 12.8. The summed E-state index contributed by atoms with van der Waals surface area (Å²) in [5.41, 5.74) is 3.45. The molecule has 1 N–H and O–H groups in total. The lowest BCUT2D eigenvalue weighted by Crippen LogP contribution is -2.22. The van der Waals surface area contributed by atoms with Gasteiger partial charge in [-0.2, -0.15) is 0 Å². The van der Waals surface area contributed by atoms with Crippen LogP contribution in [0.5, 0.6) is 5.75 Å². The third kappa shape index (κ3) is 5.78. The van der Waals surface area contributed by atoms with E-state index in [-0.39, 0.29) is 16.6 Å². The number of oxazole rings is 1. The number of nitrogens with one attached hydrogen (secondary N) is 1. The van der Waals surface area contributed by atoms with Gasteiger partial charge in [-0.25, -0.2) is 13.4 Å². The smallest absolute Gasteiger partial charge is 0.251 e. The Hall–Kier alpha value is -3.91. The first-order valence-electron chi connectivity index (χ1n) is 11.0. The highest BCUT2D eigenvalue weighted by atomic mass is 32.2. The van der Waals surface area contributed by atoms with Crippen molar-refractivity contribution in [3.05, 3.63) is 101 Å². The van der Waals surface area contributed by atoms with E-state index in [1.54, 1.807) is 62.6 Å². The molecule has 4 rings (SSSR count). The monoisotopic (exact) mass is 490 g/mol. The molecule has 1 aromatic heterocycles. The molecule has 0 unspecified atom stereocenters. The summed E-state index contributed by atoms with van der Waals surface area (Å²) < 4.78 is 36.5. The maximum atomic E-state index is 12.8. The molecule has 3 aromatic carbocycles. The number of carbonyl (C=O) groups excluding carboxylic acids is 1. The van der Waals surface area contributed by atoms with Crippen LogP contribution in [0.3, 0.4) is 0 Å². The van der Waals surface area contributed by atoms with Crippen molar-refractivity contribution in [1.82, 2.24) is 10.3 Å². The molecule has 0 saturated carbocycles. The van der Waals surface area contributed by atoms with Crippen molar-refractivity contribution >= 4 is 15.7 Å². The first-order chi connectivity index (χ1) is 16.7. The number of nitrogens with zero attached hydrogens (tertiary/aromatic N) is 1. The molecule has 8 heteroatoms. The predicted octanol–water partition coefficient (Wildman–Crippen LogP) is 4.87. The number of sulfone groups is 1. The van der Waals surface area contributed by atoms with Crippen molar-refractivity contribution in [2.75, 3.05) is 7.11 Å². The summed E-state index contributed by atoms with van der Waals surface area (Å²) in [6, 6.07) is 21.0. The van der Waals surface area contributed by atoms with E-state index in [9.17, 15) is 13.2 Å². The quantitative estimate of drug-likeness (QED) is 0.378. The zero-order valence-corrected chi connectivity index (χ0v) is 20.6. The van der Waals surface area contributed by atoms with Crippen molar-refractivity contribution < 1.29 is 22.4 Å². The van der Waals surface area contributed by atoms with Gasteiger partial charge in [0.05, 0.1) is 17.7 Å². The summed E-state index contributed by atoms with van der Waals surface area (Å²) in [7, 11) is -1.95. The highest BCUT2D eigenvalue weighted by Crippen LogP contribution is 2.25. The highest BCUT2D eigenvalue weighted by Gasteiger charge is 2.21. The number of methoxy groups -OCH3 is 1. The maximum Gasteiger partial charge on any atom is 0.251 e. The van der Waals surface area contributed by atoms with Crippen molar-refractivity contribution in [3.8, 4) is 17.2 Å². The molecule has 0 spiro atoms. The lowest BCUT2D eigenvalue weighted by Gasteiger charge is -2.07. The second kappa shape index (κ2) is 10.1. The van der Waals surface area contributed by atoms with Crippen molar-refractivity contribution in [2.24, 2.45) is 0 Å². The van der Waals surface area contributed by atoms with Crippen molar-refractivity contribution in [3.63, 3.8) is 0 Å². The van der Waals surface area contributed by atoms with Crippen LogP contribution >= 0.6 is 0 Å². The third-order valence-electron chi connectivity index (χ3n) is 5.61. The second-order valence-corrected chi connectivity index (χ2v) is 10.2. The molecule has 0 radical (unpaired) electrons. The summed E-state index contributed by atoms with van der Waals surface area (Å²) >= 11 is 0. The molecule has 4 aromatic rings. The lowest BCUT2D eigenvalue weighted by atomic mass is 10.1. The number of hydrogen-bond acceptors (Lipinski definition) is 6. The minimum Gasteiger partial charge on any atom is -0.497 e. The molecule has 180 valence electrons. The lowest BCUT2D eigenvalue weighted by molar-refractivity contribution is 0.0951. The van der Waals surface area contributed by atoms with E-state index in [2.05, 4.69) is 10.3 Å². The van der Waals surface area contributed by atoms with Gasteiger partial charge >= 0.3 is 0 Å². The van der Waals surface area contributed by atoms with E-state index in [0.29, 0.717) is 35.0 Å². The Balaban J connectivity index is 1.43. The molecule has 1 heterocycles. The Morgan fingerprint density at radius 3 is 2.23 bits per heavy atom. The van der Waals surface area contributed by atoms with Gasteiger partial charge in [-0.1, -0.05) is 29.8 Å². The molecule has 35 heavy (non-hydrogen) atoms. The number of aryl methyl sites for hydroxylation is 2. The van der Waals surface area contributed by atoms with Crippen LogP contribution in [0.2, 0.25) is 0 Å². The molecule has 0 aliphatic heterocycles. The average molecular weight is 491 g/mol. The Morgan fingerprint density at radius 1 is 0.943 bits per heavy atom. The first-order valence-corrected chi connectivity index (χ1v) is 12.7. The molecule has 1 amide bonds. The van der Waals surface area contributed by atoms with Crippen LogP contribution in [0, 0.1) is 13.8 Å². The van der Waals surface area contributed by atoms with Crippen LogP contribution in [0.25, 0.3) is 11.5 Å². The van der Waals surface area contributed by atoms with Gasteiger partial charge in [0, 0.05) is 17.7 Å². The fraction of sp³-hybridized carbons (Fsp3) is 0.185. The molecule has 0 bridgehead atoms. The minimum absolute atomic E-state index is 0.208. The van der Waals surface area contributed by atoms with Gasteiger partial charge in [0.1, 0.15) is 17.3 Å². The first kappa shape index (κ1) is 24.2. The van der Waals surface area contributed by atoms with Gasteiger partial charge in [-0.15, -0.1) is 0 Å².